The number of carbonyl (C=O) groups is 2. The number of para-hydroxylation sites is 1. The molecule has 0 saturated carbocycles. The molecule has 1 unspecified atom stereocenters. The molecule has 0 saturated heterocycles. The van der Waals surface area contributed by atoms with Gasteiger partial charge in [-0.15, -0.1) is 0 Å². The molecule has 1 atom stereocenters. The van der Waals surface area contributed by atoms with Gasteiger partial charge in [0.2, 0.25) is 5.91 Å². The lowest BCUT2D eigenvalue weighted by molar-refractivity contribution is -0.118. The Morgan fingerprint density at radius 2 is 1.50 bits per heavy atom. The molecule has 0 spiro atoms. The van der Waals surface area contributed by atoms with Crippen LogP contribution in [-0.2, 0) is 11.2 Å². The molecular weight excluding hydrogens is 402 g/mol. The molecule has 1 heterocycles. The Kier molecular flexibility index (Phi) is 5.99. The van der Waals surface area contributed by atoms with E-state index in [0.717, 1.165) is 16.5 Å². The van der Waals surface area contributed by atoms with Gasteiger partial charge in [0.1, 0.15) is 11.5 Å². The number of aryl methyl sites for hydroxylation is 2. The largest absolute Gasteiger partial charge is 0.423 e. The van der Waals surface area contributed by atoms with Gasteiger partial charge < -0.3 is 9.73 Å². The number of hydrogen-bond acceptors (Lipinski definition) is 4. The van der Waals surface area contributed by atoms with E-state index in [2.05, 4.69) is 5.32 Å². The Bertz CT molecular complexity index is 1340. The van der Waals surface area contributed by atoms with Crippen molar-refractivity contribution in [1.29, 1.82) is 0 Å². The van der Waals surface area contributed by atoms with Gasteiger partial charge in [-0.2, -0.15) is 0 Å². The predicted molar refractivity (Wildman–Crippen MR) is 125 cm³/mol. The van der Waals surface area contributed by atoms with E-state index in [1.54, 1.807) is 36.4 Å². The highest BCUT2D eigenvalue weighted by Crippen LogP contribution is 2.25. The number of benzene rings is 3. The summed E-state index contributed by atoms with van der Waals surface area (Å²) in [5.41, 5.74) is 3.63. The quantitative estimate of drug-likeness (QED) is 0.265. The van der Waals surface area contributed by atoms with Gasteiger partial charge in [-0.1, -0.05) is 48.5 Å². The summed E-state index contributed by atoms with van der Waals surface area (Å²) in [7, 11) is 0. The smallest absolute Gasteiger partial charge is 0.336 e. The van der Waals surface area contributed by atoms with Crippen LogP contribution in [0.15, 0.2) is 88.1 Å². The van der Waals surface area contributed by atoms with Crippen molar-refractivity contribution in [3.05, 3.63) is 112 Å². The van der Waals surface area contributed by atoms with Gasteiger partial charge >= 0.3 is 5.63 Å². The van der Waals surface area contributed by atoms with Crippen molar-refractivity contribution in [1.82, 2.24) is 0 Å². The Labute approximate surface area is 185 Å². The third kappa shape index (κ3) is 4.52. The van der Waals surface area contributed by atoms with Gasteiger partial charge in [-0.3, -0.25) is 9.59 Å². The van der Waals surface area contributed by atoms with Crippen molar-refractivity contribution in [3.63, 3.8) is 0 Å². The Morgan fingerprint density at radius 1 is 0.875 bits per heavy atom. The van der Waals surface area contributed by atoms with E-state index in [1.165, 1.54) is 6.07 Å². The van der Waals surface area contributed by atoms with Gasteiger partial charge in [0.15, 0.2) is 5.78 Å². The van der Waals surface area contributed by atoms with Crippen molar-refractivity contribution in [3.8, 4) is 0 Å². The molecule has 1 amide bonds. The summed E-state index contributed by atoms with van der Waals surface area (Å²) in [6.45, 7) is 3.91. The monoisotopic (exact) mass is 425 g/mol. The van der Waals surface area contributed by atoms with Gasteiger partial charge in [0.25, 0.3) is 0 Å². The highest BCUT2D eigenvalue weighted by molar-refractivity contribution is 6.14. The van der Waals surface area contributed by atoms with E-state index in [9.17, 15) is 14.4 Å². The molecule has 0 bridgehead atoms. The third-order valence-electron chi connectivity index (χ3n) is 5.60. The lowest BCUT2D eigenvalue weighted by Crippen LogP contribution is -2.32. The number of anilines is 1. The molecule has 32 heavy (non-hydrogen) atoms. The zero-order valence-electron chi connectivity index (χ0n) is 17.9. The van der Waals surface area contributed by atoms with Crippen molar-refractivity contribution >= 4 is 28.3 Å². The molecule has 1 N–H and O–H groups in total. The summed E-state index contributed by atoms with van der Waals surface area (Å²) >= 11 is 0. The number of ketones is 1. The fourth-order valence-corrected chi connectivity index (χ4v) is 3.73. The molecule has 4 aromatic rings. The molecule has 0 radical (unpaired) electrons. The van der Waals surface area contributed by atoms with Crippen LogP contribution in [0, 0.1) is 19.8 Å². The van der Waals surface area contributed by atoms with Gasteiger partial charge in [0, 0.05) is 22.7 Å². The first-order valence-corrected chi connectivity index (χ1v) is 10.4. The molecule has 5 heteroatoms. The lowest BCUT2D eigenvalue weighted by Gasteiger charge is -2.17. The van der Waals surface area contributed by atoms with Crippen LogP contribution in [0.3, 0.4) is 0 Å². The van der Waals surface area contributed by atoms with Crippen molar-refractivity contribution < 1.29 is 14.0 Å². The standard InChI is InChI=1S/C27H23NO4/c1-17-13-22-20(16-25(29)32-24(22)14-18(17)2)15-23(26(30)19-9-5-3-6-10-19)27(31)28-21-11-7-4-8-12-21/h3-14,16,23H,15H2,1-2H3,(H,28,31). The highest BCUT2D eigenvalue weighted by atomic mass is 16.4. The zero-order chi connectivity index (χ0) is 22.7. The number of amides is 1. The minimum absolute atomic E-state index is 0.0804. The Morgan fingerprint density at radius 3 is 2.19 bits per heavy atom. The van der Waals surface area contributed by atoms with Gasteiger partial charge in [0.05, 0.1) is 0 Å². The van der Waals surface area contributed by atoms with Crippen molar-refractivity contribution in [2.24, 2.45) is 5.92 Å². The molecule has 160 valence electrons. The molecule has 0 aliphatic heterocycles. The average molecular weight is 425 g/mol. The lowest BCUT2D eigenvalue weighted by atomic mass is 9.89. The summed E-state index contributed by atoms with van der Waals surface area (Å²) in [4.78, 5) is 38.8. The second-order valence-electron chi connectivity index (χ2n) is 7.87. The van der Waals surface area contributed by atoms with Crippen LogP contribution in [0.2, 0.25) is 0 Å². The predicted octanol–water partition coefficient (Wildman–Crippen LogP) is 5.09. The molecule has 0 aliphatic rings. The molecule has 1 aromatic heterocycles. The number of rotatable bonds is 6. The molecule has 0 aliphatic carbocycles. The number of Topliss-reactive ketones (excluding diaryl/α,β-unsaturated/α-hetero) is 1. The second-order valence-corrected chi connectivity index (χ2v) is 7.87. The van der Waals surface area contributed by atoms with E-state index in [0.29, 0.717) is 22.4 Å². The summed E-state index contributed by atoms with van der Waals surface area (Å²) in [6.07, 6.45) is 0.0804. The van der Waals surface area contributed by atoms with Crippen LogP contribution in [0.5, 0.6) is 0 Å². The molecule has 3 aromatic carbocycles. The number of nitrogens with one attached hydrogen (secondary N) is 1. The fourth-order valence-electron chi connectivity index (χ4n) is 3.73. The molecule has 5 nitrogen and oxygen atoms in total. The number of carbonyl (C=O) groups excluding carboxylic acids is 2. The minimum Gasteiger partial charge on any atom is -0.423 e. The first kappa shape index (κ1) is 21.2. The fraction of sp³-hybridized carbons (Fsp3) is 0.148. The van der Waals surface area contributed by atoms with E-state index in [1.807, 2.05) is 50.2 Å². The maximum atomic E-state index is 13.4. The minimum atomic E-state index is -1.01. The van der Waals surface area contributed by atoms with Crippen LogP contribution in [0.1, 0.15) is 27.0 Å². The Balaban J connectivity index is 1.77. The van der Waals surface area contributed by atoms with Gasteiger partial charge in [-0.05, 0) is 61.2 Å². The average Bonchev–Trinajstić information content (AvgIpc) is 2.79. The summed E-state index contributed by atoms with van der Waals surface area (Å²) in [5.74, 6) is -1.73. The SMILES string of the molecule is Cc1cc2oc(=O)cc(CC(C(=O)Nc3ccccc3)C(=O)c3ccccc3)c2cc1C. The maximum Gasteiger partial charge on any atom is 0.336 e. The maximum absolute atomic E-state index is 13.4. The van der Waals surface area contributed by atoms with E-state index < -0.39 is 17.5 Å². The van der Waals surface area contributed by atoms with Crippen LogP contribution in [0.4, 0.5) is 5.69 Å². The highest BCUT2D eigenvalue weighted by Gasteiger charge is 2.29. The molecule has 4 rings (SSSR count). The van der Waals surface area contributed by atoms with E-state index >= 15 is 0 Å². The summed E-state index contributed by atoms with van der Waals surface area (Å²) in [6, 6.07) is 22.8. The molecular formula is C27H23NO4. The normalized spacial score (nSPS) is 11.8. The van der Waals surface area contributed by atoms with E-state index in [-0.39, 0.29) is 12.2 Å². The summed E-state index contributed by atoms with van der Waals surface area (Å²) < 4.78 is 5.38. The first-order chi connectivity index (χ1) is 15.4. The third-order valence-corrected chi connectivity index (χ3v) is 5.60. The summed E-state index contributed by atoms with van der Waals surface area (Å²) in [5, 5.41) is 3.56. The van der Waals surface area contributed by atoms with E-state index in [4.69, 9.17) is 4.42 Å². The van der Waals surface area contributed by atoms with Crippen molar-refractivity contribution in [2.75, 3.05) is 5.32 Å². The van der Waals surface area contributed by atoms with Crippen molar-refractivity contribution in [2.45, 2.75) is 20.3 Å². The van der Waals surface area contributed by atoms with Gasteiger partial charge in [-0.25, -0.2) is 4.79 Å². The van der Waals surface area contributed by atoms with Crippen LogP contribution in [0.25, 0.3) is 11.0 Å². The first-order valence-electron chi connectivity index (χ1n) is 10.4. The number of hydrogen-bond donors (Lipinski definition) is 1. The topological polar surface area (TPSA) is 76.4 Å². The zero-order valence-corrected chi connectivity index (χ0v) is 17.9. The van der Waals surface area contributed by atoms with Crippen LogP contribution in [-0.4, -0.2) is 11.7 Å². The van der Waals surface area contributed by atoms with Crippen LogP contribution >= 0.6 is 0 Å². The van der Waals surface area contributed by atoms with Crippen LogP contribution < -0.4 is 10.9 Å². The second kappa shape index (κ2) is 9.02. The molecule has 0 fully saturated rings. The Hall–Kier alpha value is -3.99. The number of fused-ring (bicyclic) bond motifs is 1.